The zero-order chi connectivity index (χ0) is 13.2. The van der Waals surface area contributed by atoms with Gasteiger partial charge in [-0.3, -0.25) is 4.90 Å². The van der Waals surface area contributed by atoms with Gasteiger partial charge in [0.05, 0.1) is 0 Å². The third kappa shape index (κ3) is 3.14. The Morgan fingerprint density at radius 1 is 1.22 bits per heavy atom. The average Bonchev–Trinajstić information content (AvgIpc) is 2.86. The predicted octanol–water partition coefficient (Wildman–Crippen LogP) is 3.19. The number of nitrogens with two attached hydrogens (primary N) is 1. The van der Waals surface area contributed by atoms with E-state index in [1.54, 1.807) is 0 Å². The Morgan fingerprint density at radius 3 is 2.33 bits per heavy atom. The summed E-state index contributed by atoms with van der Waals surface area (Å²) in [5, 5.41) is 0. The highest BCUT2D eigenvalue weighted by Gasteiger charge is 2.34. The Bertz CT molecular complexity index is 380. The Kier molecular flexibility index (Phi) is 4.46. The number of hydrogen-bond acceptors (Lipinski definition) is 2. The Hall–Kier alpha value is -0.380. The number of rotatable bonds is 4. The fraction of sp³-hybridized carbons (Fsp3) is 0.600. The summed E-state index contributed by atoms with van der Waals surface area (Å²) >= 11 is 3.47. The first kappa shape index (κ1) is 14.0. The zero-order valence-corrected chi connectivity index (χ0v) is 12.9. The molecular weight excluding hydrogens is 288 g/mol. The molecule has 0 radical (unpaired) electrons. The van der Waals surface area contributed by atoms with E-state index in [0.29, 0.717) is 0 Å². The van der Waals surface area contributed by atoms with E-state index < -0.39 is 0 Å². The van der Waals surface area contributed by atoms with Gasteiger partial charge < -0.3 is 5.73 Å². The predicted molar refractivity (Wildman–Crippen MR) is 80.7 cm³/mol. The van der Waals surface area contributed by atoms with Gasteiger partial charge in [0, 0.05) is 16.1 Å². The molecule has 1 aromatic carbocycles. The van der Waals surface area contributed by atoms with Crippen LogP contribution in [0.15, 0.2) is 28.7 Å². The van der Waals surface area contributed by atoms with Crippen LogP contribution in [0.2, 0.25) is 0 Å². The van der Waals surface area contributed by atoms with E-state index in [0.717, 1.165) is 10.9 Å². The molecule has 0 bridgehead atoms. The van der Waals surface area contributed by atoms with Crippen molar-refractivity contribution in [2.24, 2.45) is 5.73 Å². The molecule has 1 fully saturated rings. The second-order valence-corrected chi connectivity index (χ2v) is 6.70. The summed E-state index contributed by atoms with van der Waals surface area (Å²) in [6.45, 7) is 6.95. The van der Waals surface area contributed by atoms with Gasteiger partial charge in [0.1, 0.15) is 0 Å². The summed E-state index contributed by atoms with van der Waals surface area (Å²) in [6, 6.07) is 8.67. The van der Waals surface area contributed by atoms with Gasteiger partial charge in [-0.2, -0.15) is 0 Å². The van der Waals surface area contributed by atoms with Crippen molar-refractivity contribution in [1.82, 2.24) is 4.90 Å². The molecule has 0 amide bonds. The zero-order valence-electron chi connectivity index (χ0n) is 11.3. The van der Waals surface area contributed by atoms with Gasteiger partial charge in [0.25, 0.3) is 0 Å². The molecule has 100 valence electrons. The first-order valence-electron chi connectivity index (χ1n) is 6.75. The second kappa shape index (κ2) is 5.72. The quantitative estimate of drug-likeness (QED) is 0.925. The maximum Gasteiger partial charge on any atom is 0.0307 e. The van der Waals surface area contributed by atoms with Gasteiger partial charge in [-0.05, 0) is 63.9 Å². The summed E-state index contributed by atoms with van der Waals surface area (Å²) < 4.78 is 1.12. The number of nitrogens with zero attached hydrogens (tertiary/aromatic N) is 1. The van der Waals surface area contributed by atoms with Crippen LogP contribution >= 0.6 is 15.9 Å². The minimum atomic E-state index is 0.0869. The lowest BCUT2D eigenvalue weighted by molar-refractivity contribution is 0.123. The highest BCUT2D eigenvalue weighted by atomic mass is 79.9. The van der Waals surface area contributed by atoms with E-state index in [1.807, 2.05) is 0 Å². The summed E-state index contributed by atoms with van der Waals surface area (Å²) in [7, 11) is 0. The van der Waals surface area contributed by atoms with Crippen LogP contribution < -0.4 is 5.73 Å². The first-order valence-corrected chi connectivity index (χ1v) is 7.54. The van der Waals surface area contributed by atoms with Crippen LogP contribution in [0.4, 0.5) is 0 Å². The highest BCUT2D eigenvalue weighted by Crippen LogP contribution is 2.25. The smallest absolute Gasteiger partial charge is 0.0307 e. The Morgan fingerprint density at radius 2 is 1.78 bits per heavy atom. The maximum atomic E-state index is 6.45. The van der Waals surface area contributed by atoms with Crippen LogP contribution in [0.25, 0.3) is 0 Å². The lowest BCUT2D eigenvalue weighted by Gasteiger charge is -2.40. The largest absolute Gasteiger partial charge is 0.326 e. The van der Waals surface area contributed by atoms with E-state index in [-0.39, 0.29) is 11.6 Å². The molecule has 3 heteroatoms. The summed E-state index contributed by atoms with van der Waals surface area (Å²) in [4.78, 5) is 2.54. The molecule has 2 nitrogen and oxygen atoms in total. The standard InChI is InChI=1S/C15H23BrN2/c1-15(2,18-9-3-4-10-18)14(17)11-12-5-7-13(16)8-6-12/h5-8,14H,3-4,9-11,17H2,1-2H3. The number of benzene rings is 1. The van der Waals surface area contributed by atoms with Crippen molar-refractivity contribution >= 4 is 15.9 Å². The molecule has 1 aromatic rings. The van der Waals surface area contributed by atoms with Crippen molar-refractivity contribution in [2.45, 2.75) is 44.7 Å². The molecule has 0 spiro atoms. The molecular formula is C15H23BrN2. The van der Waals surface area contributed by atoms with E-state index in [2.05, 4.69) is 58.9 Å². The normalized spacial score (nSPS) is 19.1. The number of halogens is 1. The minimum absolute atomic E-state index is 0.0869. The fourth-order valence-corrected chi connectivity index (χ4v) is 2.92. The van der Waals surface area contributed by atoms with E-state index in [4.69, 9.17) is 5.73 Å². The van der Waals surface area contributed by atoms with Crippen molar-refractivity contribution in [1.29, 1.82) is 0 Å². The number of hydrogen-bond donors (Lipinski definition) is 1. The molecule has 0 aliphatic carbocycles. The average molecular weight is 311 g/mol. The van der Waals surface area contributed by atoms with Crippen LogP contribution in [-0.4, -0.2) is 29.6 Å². The van der Waals surface area contributed by atoms with Crippen molar-refractivity contribution in [3.05, 3.63) is 34.3 Å². The lowest BCUT2D eigenvalue weighted by atomic mass is 9.88. The third-order valence-corrected chi connectivity index (χ3v) is 4.73. The molecule has 1 saturated heterocycles. The fourth-order valence-electron chi connectivity index (χ4n) is 2.65. The van der Waals surface area contributed by atoms with Crippen LogP contribution in [0.5, 0.6) is 0 Å². The minimum Gasteiger partial charge on any atom is -0.326 e. The van der Waals surface area contributed by atoms with Crippen LogP contribution in [0.1, 0.15) is 32.3 Å². The number of likely N-dealkylation sites (tertiary alicyclic amines) is 1. The molecule has 18 heavy (non-hydrogen) atoms. The van der Waals surface area contributed by atoms with Gasteiger partial charge in [0.2, 0.25) is 0 Å². The third-order valence-electron chi connectivity index (χ3n) is 4.20. The van der Waals surface area contributed by atoms with Crippen molar-refractivity contribution in [2.75, 3.05) is 13.1 Å². The van der Waals surface area contributed by atoms with Gasteiger partial charge in [-0.25, -0.2) is 0 Å². The summed E-state index contributed by atoms with van der Waals surface area (Å²) in [5.74, 6) is 0. The second-order valence-electron chi connectivity index (χ2n) is 5.78. The molecule has 1 heterocycles. The van der Waals surface area contributed by atoms with Gasteiger partial charge in [-0.15, -0.1) is 0 Å². The Labute approximate surface area is 119 Å². The first-order chi connectivity index (χ1) is 8.50. The van der Waals surface area contributed by atoms with Gasteiger partial charge in [0.15, 0.2) is 0 Å². The Balaban J connectivity index is 2.01. The highest BCUT2D eigenvalue weighted by molar-refractivity contribution is 9.10. The SMILES string of the molecule is CC(C)(C(N)Cc1ccc(Br)cc1)N1CCCC1. The molecule has 2 rings (SSSR count). The van der Waals surface area contributed by atoms with E-state index in [9.17, 15) is 0 Å². The topological polar surface area (TPSA) is 29.3 Å². The van der Waals surface area contributed by atoms with E-state index in [1.165, 1.54) is 31.5 Å². The monoisotopic (exact) mass is 310 g/mol. The van der Waals surface area contributed by atoms with Crippen LogP contribution in [0.3, 0.4) is 0 Å². The van der Waals surface area contributed by atoms with Gasteiger partial charge >= 0.3 is 0 Å². The molecule has 1 unspecified atom stereocenters. The molecule has 1 atom stereocenters. The van der Waals surface area contributed by atoms with Gasteiger partial charge in [-0.1, -0.05) is 28.1 Å². The summed E-state index contributed by atoms with van der Waals surface area (Å²) in [5.41, 5.74) is 7.85. The molecule has 1 aliphatic rings. The maximum absolute atomic E-state index is 6.45. The van der Waals surface area contributed by atoms with Crippen LogP contribution in [-0.2, 0) is 6.42 Å². The van der Waals surface area contributed by atoms with E-state index >= 15 is 0 Å². The van der Waals surface area contributed by atoms with Crippen molar-refractivity contribution < 1.29 is 0 Å². The van der Waals surface area contributed by atoms with Crippen molar-refractivity contribution in [3.8, 4) is 0 Å². The van der Waals surface area contributed by atoms with Crippen LogP contribution in [0, 0.1) is 0 Å². The van der Waals surface area contributed by atoms with Crippen molar-refractivity contribution in [3.63, 3.8) is 0 Å². The lowest BCUT2D eigenvalue weighted by Crippen LogP contribution is -2.55. The molecule has 2 N–H and O–H groups in total. The molecule has 1 aliphatic heterocycles. The summed E-state index contributed by atoms with van der Waals surface area (Å²) in [6.07, 6.45) is 3.57. The molecule has 0 saturated carbocycles. The molecule has 0 aromatic heterocycles.